The molecule has 0 unspecified atom stereocenters. The molecule has 0 bridgehead atoms. The number of amidine groups is 1. The van der Waals surface area contributed by atoms with E-state index >= 15 is 0 Å². The number of benzene rings is 1. The summed E-state index contributed by atoms with van der Waals surface area (Å²) in [5.41, 5.74) is 6.12. The van der Waals surface area contributed by atoms with Gasteiger partial charge in [0, 0.05) is 11.6 Å². The summed E-state index contributed by atoms with van der Waals surface area (Å²) < 4.78 is 4.68. The molecule has 0 spiro atoms. The van der Waals surface area contributed by atoms with Gasteiger partial charge in [0.25, 0.3) is 6.02 Å². The van der Waals surface area contributed by atoms with E-state index in [1.54, 1.807) is 0 Å². The van der Waals surface area contributed by atoms with Gasteiger partial charge in [-0.2, -0.15) is 0 Å². The molecule has 1 aromatic heterocycles. The zero-order valence-electron chi connectivity index (χ0n) is 8.84. The van der Waals surface area contributed by atoms with E-state index in [1.807, 2.05) is 30.5 Å². The summed E-state index contributed by atoms with van der Waals surface area (Å²) in [6, 6.07) is 12.4. The molecule has 0 amide bonds. The quantitative estimate of drug-likeness (QED) is 0.695. The Bertz CT molecular complexity index is 436. The number of fused-ring (bicyclic) bond motifs is 1. The molecule has 84 valence electrons. The van der Waals surface area contributed by atoms with Gasteiger partial charge in [-0.3, -0.25) is 4.98 Å². The number of pyridine rings is 1. The minimum Gasteiger partial charge on any atom is -0.256 e. The van der Waals surface area contributed by atoms with Crippen molar-refractivity contribution in [2.75, 3.05) is 13.2 Å². The molecule has 3 rings (SSSR count). The molecule has 0 radical (unpaired) electrons. The first-order valence-electron chi connectivity index (χ1n) is 5.09. The Morgan fingerprint density at radius 1 is 1.12 bits per heavy atom. The number of ether oxygens (including phenoxy) is 1. The summed E-state index contributed by atoms with van der Waals surface area (Å²) in [5.74, 6) is 0. The van der Waals surface area contributed by atoms with Crippen LogP contribution in [0, 0.1) is 0 Å². The minimum atomic E-state index is 0. The van der Waals surface area contributed by atoms with E-state index in [1.165, 1.54) is 5.39 Å². The second kappa shape index (κ2) is 7.27. The predicted octanol–water partition coefficient (Wildman–Crippen LogP) is 0.918. The fourth-order valence-corrected chi connectivity index (χ4v) is 1.37. The maximum Gasteiger partial charge on any atom is 0.0701 e. The molecule has 2 aromatic rings. The molecule has 17 heavy (non-hydrogen) atoms. The van der Waals surface area contributed by atoms with E-state index in [2.05, 4.69) is 26.8 Å². The molecule has 5 heteroatoms. The van der Waals surface area contributed by atoms with Crippen LogP contribution in [0.4, 0.5) is 0 Å². The third kappa shape index (κ3) is 4.34. The molecule has 4 nitrogen and oxygen atoms in total. The molecule has 0 saturated heterocycles. The molecule has 1 aromatic carbocycles. The van der Waals surface area contributed by atoms with Crippen molar-refractivity contribution < 1.29 is 4.74 Å². The largest absolute Gasteiger partial charge is 0.256 e. The average Bonchev–Trinajstić information content (AvgIpc) is 2.81. The minimum absolute atomic E-state index is 0. The van der Waals surface area contributed by atoms with Gasteiger partial charge in [0.05, 0.1) is 12.1 Å². The normalized spacial score (nSPS) is 12.8. The number of hydrogen-bond donors (Lipinski definition) is 1. The van der Waals surface area contributed by atoms with Crippen LogP contribution in [0.15, 0.2) is 47.6 Å². The molecule has 2 N–H and O–H groups in total. The molecular formula is C12H14N3NaO. The van der Waals surface area contributed by atoms with Gasteiger partial charge in [-0.15, -0.1) is 0 Å². The van der Waals surface area contributed by atoms with Crippen molar-refractivity contribution in [1.29, 1.82) is 0 Å². The summed E-state index contributed by atoms with van der Waals surface area (Å²) in [6.07, 6.45) is 1.81. The van der Waals surface area contributed by atoms with Gasteiger partial charge in [0.2, 0.25) is 0 Å². The molecule has 1 aliphatic rings. The van der Waals surface area contributed by atoms with Gasteiger partial charge in [-0.1, -0.05) is 24.3 Å². The zero-order valence-corrected chi connectivity index (χ0v) is 8.84. The van der Waals surface area contributed by atoms with E-state index in [0.29, 0.717) is 12.6 Å². The fourth-order valence-electron chi connectivity index (χ4n) is 1.37. The van der Waals surface area contributed by atoms with Crippen LogP contribution in [0.2, 0.25) is 0 Å². The summed E-state index contributed by atoms with van der Waals surface area (Å²) >= 11 is 0. The van der Waals surface area contributed by atoms with Crippen LogP contribution in [0.5, 0.6) is 0 Å². The summed E-state index contributed by atoms with van der Waals surface area (Å²) in [4.78, 5) is 7.89. The molecule has 1 aliphatic heterocycles. The standard InChI is InChI=1S/C9H7N.C3H6N2O.Na.H/c1-2-6-9-8(4-1)5-3-7-10-9;4-3-5-1-2-6-3;;/h1-7H;1-2H2,(H2,4,5);;. The Hall–Kier alpha value is -1.10. The maximum absolute atomic E-state index is 5.06. The second-order valence-electron chi connectivity index (χ2n) is 3.26. The second-order valence-corrected chi connectivity index (χ2v) is 3.26. The number of rotatable bonds is 0. The first-order chi connectivity index (χ1) is 7.86. The van der Waals surface area contributed by atoms with Gasteiger partial charge in [-0.05, 0) is 12.1 Å². The number of para-hydroxylation sites is 1. The van der Waals surface area contributed by atoms with Crippen LogP contribution >= 0.6 is 0 Å². The number of nitrogens with two attached hydrogens (primary N) is 1. The Balaban J connectivity index is 0.000000180. The van der Waals surface area contributed by atoms with E-state index in [0.717, 1.165) is 12.1 Å². The molecule has 2 heterocycles. The first kappa shape index (κ1) is 14.0. The number of aliphatic imine (C=N–C) groups is 1. The third-order valence-electron chi connectivity index (χ3n) is 2.12. The van der Waals surface area contributed by atoms with E-state index in [-0.39, 0.29) is 29.6 Å². The van der Waals surface area contributed by atoms with E-state index < -0.39 is 0 Å². The Labute approximate surface area is 122 Å². The van der Waals surface area contributed by atoms with Gasteiger partial charge < -0.3 is 10.5 Å². The Kier molecular flexibility index (Phi) is 5.97. The van der Waals surface area contributed by atoms with Gasteiger partial charge in [0.1, 0.15) is 6.61 Å². The van der Waals surface area contributed by atoms with Crippen LogP contribution in [0.25, 0.3) is 10.9 Å². The number of hydrogen-bond acceptors (Lipinski definition) is 4. The van der Waals surface area contributed by atoms with Gasteiger partial charge in [-0.25, -0.2) is 4.99 Å². The smallest absolute Gasteiger partial charge is 0.0701 e. The summed E-state index contributed by atoms with van der Waals surface area (Å²) in [5, 5.41) is 1.20. The van der Waals surface area contributed by atoms with Crippen LogP contribution < -0.4 is 5.73 Å². The molecular weight excluding hydrogens is 225 g/mol. The molecule has 0 saturated carbocycles. The Morgan fingerprint density at radius 3 is 2.47 bits per heavy atom. The van der Waals surface area contributed by atoms with Crippen LogP contribution in [-0.4, -0.2) is 53.7 Å². The van der Waals surface area contributed by atoms with Crippen molar-refractivity contribution in [3.8, 4) is 0 Å². The van der Waals surface area contributed by atoms with Crippen molar-refractivity contribution in [3.63, 3.8) is 0 Å². The fraction of sp³-hybridized carbons (Fsp3) is 0.167. The monoisotopic (exact) mass is 239 g/mol. The molecule has 0 aliphatic carbocycles. The van der Waals surface area contributed by atoms with Crippen LogP contribution in [0.1, 0.15) is 0 Å². The first-order valence-corrected chi connectivity index (χ1v) is 5.09. The molecule has 0 atom stereocenters. The molecule has 0 fully saturated rings. The van der Waals surface area contributed by atoms with Crippen molar-refractivity contribution in [1.82, 2.24) is 4.98 Å². The van der Waals surface area contributed by atoms with Crippen molar-refractivity contribution >= 4 is 46.5 Å². The Morgan fingerprint density at radius 2 is 1.88 bits per heavy atom. The summed E-state index contributed by atoms with van der Waals surface area (Å²) in [6.45, 7) is 1.39. The number of aromatic nitrogens is 1. The summed E-state index contributed by atoms with van der Waals surface area (Å²) in [7, 11) is 0. The van der Waals surface area contributed by atoms with Crippen molar-refractivity contribution in [2.24, 2.45) is 10.7 Å². The predicted molar refractivity (Wildman–Crippen MR) is 71.3 cm³/mol. The van der Waals surface area contributed by atoms with Crippen LogP contribution in [0.3, 0.4) is 0 Å². The number of nitrogens with zero attached hydrogens (tertiary/aromatic N) is 2. The van der Waals surface area contributed by atoms with Crippen LogP contribution in [-0.2, 0) is 4.74 Å². The zero-order chi connectivity index (χ0) is 11.2. The SMILES string of the molecule is NC1=NCCO1.[NaH].c1ccc2ncccc2c1. The average molecular weight is 239 g/mol. The topological polar surface area (TPSA) is 60.5 Å². The van der Waals surface area contributed by atoms with Gasteiger partial charge >= 0.3 is 29.6 Å². The van der Waals surface area contributed by atoms with Crippen molar-refractivity contribution in [3.05, 3.63) is 42.6 Å². The van der Waals surface area contributed by atoms with E-state index in [9.17, 15) is 0 Å². The van der Waals surface area contributed by atoms with Gasteiger partial charge in [0.15, 0.2) is 0 Å². The third-order valence-corrected chi connectivity index (χ3v) is 2.12. The maximum atomic E-state index is 5.06. The van der Waals surface area contributed by atoms with E-state index in [4.69, 9.17) is 5.73 Å². The van der Waals surface area contributed by atoms with Crippen molar-refractivity contribution in [2.45, 2.75) is 0 Å².